The molecule has 0 aliphatic rings. The molecule has 0 saturated carbocycles. The summed E-state index contributed by atoms with van der Waals surface area (Å²) in [7, 11) is 0. The SMILES string of the molecule is Nc1cccnc1C(=O)Nc1ccc(F)cc1I. The van der Waals surface area contributed by atoms with Gasteiger partial charge < -0.3 is 11.1 Å². The molecular formula is C12H9FIN3O. The Morgan fingerprint density at radius 2 is 2.17 bits per heavy atom. The van der Waals surface area contributed by atoms with E-state index in [1.54, 1.807) is 12.1 Å². The topological polar surface area (TPSA) is 68.0 Å². The second-order valence-corrected chi connectivity index (χ2v) is 4.68. The van der Waals surface area contributed by atoms with Gasteiger partial charge in [0, 0.05) is 9.77 Å². The smallest absolute Gasteiger partial charge is 0.276 e. The highest BCUT2D eigenvalue weighted by molar-refractivity contribution is 14.1. The number of nitrogens with two attached hydrogens (primary N) is 1. The minimum absolute atomic E-state index is 0.151. The third-order valence-electron chi connectivity index (χ3n) is 2.23. The standard InChI is InChI=1S/C12H9FIN3O/c13-7-3-4-10(8(14)6-7)17-12(18)11-9(15)2-1-5-16-11/h1-6H,15H2,(H,17,18). The van der Waals surface area contributed by atoms with E-state index in [2.05, 4.69) is 10.3 Å². The number of anilines is 2. The van der Waals surface area contributed by atoms with E-state index in [9.17, 15) is 9.18 Å². The molecule has 0 unspecified atom stereocenters. The van der Waals surface area contributed by atoms with Crippen LogP contribution in [0.25, 0.3) is 0 Å². The van der Waals surface area contributed by atoms with Crippen molar-refractivity contribution < 1.29 is 9.18 Å². The zero-order valence-corrected chi connectivity index (χ0v) is 11.3. The van der Waals surface area contributed by atoms with Gasteiger partial charge in [0.2, 0.25) is 0 Å². The third kappa shape index (κ3) is 2.76. The third-order valence-corrected chi connectivity index (χ3v) is 3.13. The fourth-order valence-electron chi connectivity index (χ4n) is 1.38. The van der Waals surface area contributed by atoms with Crippen LogP contribution in [-0.2, 0) is 0 Å². The summed E-state index contributed by atoms with van der Waals surface area (Å²) < 4.78 is 13.5. The molecule has 6 heteroatoms. The summed E-state index contributed by atoms with van der Waals surface area (Å²) in [5, 5.41) is 2.64. The lowest BCUT2D eigenvalue weighted by molar-refractivity contribution is 0.102. The monoisotopic (exact) mass is 357 g/mol. The first-order valence-electron chi connectivity index (χ1n) is 5.05. The Morgan fingerprint density at radius 3 is 2.83 bits per heavy atom. The quantitative estimate of drug-likeness (QED) is 0.813. The Kier molecular flexibility index (Phi) is 3.75. The van der Waals surface area contributed by atoms with Gasteiger partial charge >= 0.3 is 0 Å². The average molecular weight is 357 g/mol. The second-order valence-electron chi connectivity index (χ2n) is 3.52. The summed E-state index contributed by atoms with van der Waals surface area (Å²) in [6, 6.07) is 7.34. The maximum absolute atomic E-state index is 12.9. The van der Waals surface area contributed by atoms with E-state index < -0.39 is 5.91 Å². The zero-order valence-electron chi connectivity index (χ0n) is 9.15. The number of nitrogen functional groups attached to an aromatic ring is 1. The summed E-state index contributed by atoms with van der Waals surface area (Å²) in [5.74, 6) is -0.771. The molecule has 1 heterocycles. The number of hydrogen-bond acceptors (Lipinski definition) is 3. The summed E-state index contributed by atoms with van der Waals surface area (Å²) in [6.45, 7) is 0. The number of nitrogens with one attached hydrogen (secondary N) is 1. The van der Waals surface area contributed by atoms with Crippen molar-refractivity contribution in [3.63, 3.8) is 0 Å². The molecular weight excluding hydrogens is 348 g/mol. The van der Waals surface area contributed by atoms with Gasteiger partial charge in [-0.1, -0.05) is 0 Å². The van der Waals surface area contributed by atoms with Crippen LogP contribution in [0, 0.1) is 9.39 Å². The number of rotatable bonds is 2. The van der Waals surface area contributed by atoms with Gasteiger partial charge in [-0.05, 0) is 52.9 Å². The van der Waals surface area contributed by atoms with Crippen molar-refractivity contribution >= 4 is 39.9 Å². The van der Waals surface area contributed by atoms with E-state index in [-0.39, 0.29) is 11.5 Å². The first kappa shape index (κ1) is 12.7. The summed E-state index contributed by atoms with van der Waals surface area (Å²) in [5.41, 5.74) is 6.62. The molecule has 0 spiro atoms. The minimum atomic E-state index is -0.419. The average Bonchev–Trinajstić information content (AvgIpc) is 2.33. The first-order chi connectivity index (χ1) is 8.58. The van der Waals surface area contributed by atoms with Crippen molar-refractivity contribution in [1.29, 1.82) is 0 Å². The fraction of sp³-hybridized carbons (Fsp3) is 0. The Labute approximate surface area is 117 Å². The van der Waals surface area contributed by atoms with Crippen molar-refractivity contribution in [1.82, 2.24) is 4.98 Å². The molecule has 2 aromatic rings. The van der Waals surface area contributed by atoms with Crippen LogP contribution in [0.5, 0.6) is 0 Å². The Morgan fingerprint density at radius 1 is 1.39 bits per heavy atom. The van der Waals surface area contributed by atoms with Crippen LogP contribution in [0.1, 0.15) is 10.5 Å². The molecule has 92 valence electrons. The minimum Gasteiger partial charge on any atom is -0.397 e. The molecule has 1 aromatic carbocycles. The van der Waals surface area contributed by atoms with Crippen molar-refractivity contribution in [3.8, 4) is 0 Å². The number of benzene rings is 1. The van der Waals surface area contributed by atoms with Crippen molar-refractivity contribution in [3.05, 3.63) is 51.6 Å². The number of amides is 1. The summed E-state index contributed by atoms with van der Waals surface area (Å²) >= 11 is 1.94. The number of nitrogens with zero attached hydrogens (tertiary/aromatic N) is 1. The number of carbonyl (C=O) groups is 1. The van der Waals surface area contributed by atoms with Gasteiger partial charge in [-0.3, -0.25) is 4.79 Å². The maximum Gasteiger partial charge on any atom is 0.276 e. The lowest BCUT2D eigenvalue weighted by atomic mass is 10.2. The van der Waals surface area contributed by atoms with Crippen molar-refractivity contribution in [2.75, 3.05) is 11.1 Å². The maximum atomic E-state index is 12.9. The lowest BCUT2D eigenvalue weighted by Gasteiger charge is -2.08. The van der Waals surface area contributed by atoms with Gasteiger partial charge in [0.05, 0.1) is 11.4 Å². The van der Waals surface area contributed by atoms with Crippen molar-refractivity contribution in [2.24, 2.45) is 0 Å². The fourth-order valence-corrected chi connectivity index (χ4v) is 1.99. The van der Waals surface area contributed by atoms with Gasteiger partial charge in [0.1, 0.15) is 5.82 Å². The Bertz CT molecular complexity index is 604. The lowest BCUT2D eigenvalue weighted by Crippen LogP contribution is -2.16. The van der Waals surface area contributed by atoms with Crippen LogP contribution in [0.15, 0.2) is 36.5 Å². The summed E-state index contributed by atoms with van der Waals surface area (Å²) in [4.78, 5) is 15.8. The first-order valence-corrected chi connectivity index (χ1v) is 6.12. The molecule has 1 amide bonds. The molecule has 0 aliphatic carbocycles. The van der Waals surface area contributed by atoms with Crippen LogP contribution >= 0.6 is 22.6 Å². The van der Waals surface area contributed by atoms with Gasteiger partial charge in [-0.15, -0.1) is 0 Å². The highest BCUT2D eigenvalue weighted by Gasteiger charge is 2.12. The Hall–Kier alpha value is -1.70. The van der Waals surface area contributed by atoms with E-state index >= 15 is 0 Å². The predicted molar refractivity (Wildman–Crippen MR) is 75.7 cm³/mol. The van der Waals surface area contributed by atoms with Crippen LogP contribution < -0.4 is 11.1 Å². The van der Waals surface area contributed by atoms with Gasteiger partial charge in [0.15, 0.2) is 5.69 Å². The molecule has 0 aliphatic heterocycles. The molecule has 0 saturated heterocycles. The van der Waals surface area contributed by atoms with E-state index in [1.165, 1.54) is 24.4 Å². The number of carbonyl (C=O) groups excluding carboxylic acids is 1. The number of halogens is 2. The van der Waals surface area contributed by atoms with Crippen LogP contribution in [0.3, 0.4) is 0 Å². The van der Waals surface area contributed by atoms with Crippen molar-refractivity contribution in [2.45, 2.75) is 0 Å². The molecule has 1 aromatic heterocycles. The van der Waals surface area contributed by atoms with Crippen LogP contribution in [0.2, 0.25) is 0 Å². The molecule has 0 fully saturated rings. The highest BCUT2D eigenvalue weighted by Crippen LogP contribution is 2.20. The van der Waals surface area contributed by atoms with Gasteiger partial charge in [-0.2, -0.15) is 0 Å². The predicted octanol–water partition coefficient (Wildman–Crippen LogP) is 2.66. The zero-order chi connectivity index (χ0) is 13.1. The highest BCUT2D eigenvalue weighted by atomic mass is 127. The molecule has 0 atom stereocenters. The molecule has 18 heavy (non-hydrogen) atoms. The molecule has 4 nitrogen and oxygen atoms in total. The molecule has 2 rings (SSSR count). The normalized spacial score (nSPS) is 10.1. The molecule has 0 bridgehead atoms. The van der Waals surface area contributed by atoms with E-state index in [0.29, 0.717) is 14.9 Å². The van der Waals surface area contributed by atoms with Crippen LogP contribution in [-0.4, -0.2) is 10.9 Å². The van der Waals surface area contributed by atoms with E-state index in [0.717, 1.165) is 0 Å². The molecule has 0 radical (unpaired) electrons. The Balaban J connectivity index is 2.24. The van der Waals surface area contributed by atoms with Gasteiger partial charge in [-0.25, -0.2) is 9.37 Å². The largest absolute Gasteiger partial charge is 0.397 e. The summed E-state index contributed by atoms with van der Waals surface area (Å²) in [6.07, 6.45) is 1.49. The number of aromatic nitrogens is 1. The number of hydrogen-bond donors (Lipinski definition) is 2. The van der Waals surface area contributed by atoms with Crippen LogP contribution in [0.4, 0.5) is 15.8 Å². The van der Waals surface area contributed by atoms with E-state index in [1.807, 2.05) is 22.6 Å². The van der Waals surface area contributed by atoms with Gasteiger partial charge in [0.25, 0.3) is 5.91 Å². The number of pyridine rings is 1. The second kappa shape index (κ2) is 5.30. The van der Waals surface area contributed by atoms with E-state index in [4.69, 9.17) is 5.73 Å². The molecule has 3 N–H and O–H groups in total.